The van der Waals surface area contributed by atoms with E-state index in [2.05, 4.69) is 15.3 Å². The van der Waals surface area contributed by atoms with Gasteiger partial charge < -0.3 is 10.3 Å². The minimum absolute atomic E-state index is 0.0487. The summed E-state index contributed by atoms with van der Waals surface area (Å²) in [5.41, 5.74) is 3.85. The van der Waals surface area contributed by atoms with Gasteiger partial charge in [0, 0.05) is 34.9 Å². The molecule has 0 aliphatic carbocycles. The largest absolute Gasteiger partial charge is 0.361 e. The Hall–Kier alpha value is -4.46. The van der Waals surface area contributed by atoms with Crippen molar-refractivity contribution in [2.24, 2.45) is 0 Å². The molecular weight excluding hydrogens is 494 g/mol. The van der Waals surface area contributed by atoms with Crippen molar-refractivity contribution in [1.82, 2.24) is 15.3 Å². The molecule has 8 heteroatoms. The van der Waals surface area contributed by atoms with Crippen molar-refractivity contribution in [3.8, 4) is 11.1 Å². The Labute approximate surface area is 216 Å². The Balaban J connectivity index is 1.51. The molecule has 2 heterocycles. The lowest BCUT2D eigenvalue weighted by Crippen LogP contribution is -2.32. The SMILES string of the molecule is Cc1cc(-c2cccnc2[C@H](Cc2cc(F)cc(F)c2)NC(=O)Cc2c[nH]c3ccc(F)cc23)ccc1F. The molecule has 0 radical (unpaired) electrons. The highest BCUT2D eigenvalue weighted by Gasteiger charge is 2.22. The summed E-state index contributed by atoms with van der Waals surface area (Å²) in [5, 5.41) is 3.53. The lowest BCUT2D eigenvalue weighted by Gasteiger charge is -2.22. The van der Waals surface area contributed by atoms with Gasteiger partial charge in [-0.25, -0.2) is 17.6 Å². The fourth-order valence-corrected chi connectivity index (χ4v) is 4.65. The summed E-state index contributed by atoms with van der Waals surface area (Å²) in [4.78, 5) is 20.8. The smallest absolute Gasteiger partial charge is 0.225 e. The van der Waals surface area contributed by atoms with Crippen LogP contribution in [0.3, 0.4) is 0 Å². The van der Waals surface area contributed by atoms with Gasteiger partial charge >= 0.3 is 0 Å². The average molecular weight is 518 g/mol. The summed E-state index contributed by atoms with van der Waals surface area (Å²) >= 11 is 0. The van der Waals surface area contributed by atoms with Gasteiger partial charge in [-0.1, -0.05) is 12.1 Å². The van der Waals surface area contributed by atoms with Crippen LogP contribution in [-0.4, -0.2) is 15.9 Å². The topological polar surface area (TPSA) is 57.8 Å². The van der Waals surface area contributed by atoms with Crippen LogP contribution in [0, 0.1) is 30.2 Å². The highest BCUT2D eigenvalue weighted by Crippen LogP contribution is 2.30. The summed E-state index contributed by atoms with van der Waals surface area (Å²) in [5.74, 6) is -2.63. The number of aryl methyl sites for hydroxylation is 1. The van der Waals surface area contributed by atoms with Crippen LogP contribution in [0.4, 0.5) is 17.6 Å². The van der Waals surface area contributed by atoms with E-state index < -0.39 is 23.5 Å². The van der Waals surface area contributed by atoms with Gasteiger partial charge in [-0.05, 0) is 84.1 Å². The van der Waals surface area contributed by atoms with Crippen LogP contribution in [0.1, 0.15) is 28.4 Å². The van der Waals surface area contributed by atoms with Crippen molar-refractivity contribution in [1.29, 1.82) is 0 Å². The molecule has 2 aromatic heterocycles. The van der Waals surface area contributed by atoms with E-state index in [0.717, 1.165) is 6.07 Å². The minimum atomic E-state index is -0.771. The fraction of sp³-hybridized carbons (Fsp3) is 0.133. The molecule has 0 aliphatic heterocycles. The van der Waals surface area contributed by atoms with Crippen LogP contribution in [-0.2, 0) is 17.6 Å². The second-order valence-electron chi connectivity index (χ2n) is 9.18. The molecule has 0 spiro atoms. The molecule has 1 amide bonds. The molecule has 5 aromatic rings. The number of hydrogen-bond acceptors (Lipinski definition) is 2. The Bertz CT molecular complexity index is 1630. The summed E-state index contributed by atoms with van der Waals surface area (Å²) in [6.07, 6.45) is 3.19. The first-order valence-electron chi connectivity index (χ1n) is 12.0. The molecule has 4 nitrogen and oxygen atoms in total. The normalized spacial score (nSPS) is 12.0. The van der Waals surface area contributed by atoms with Gasteiger partial charge in [0.05, 0.1) is 18.2 Å². The van der Waals surface area contributed by atoms with Crippen LogP contribution in [0.15, 0.2) is 79.1 Å². The fourth-order valence-electron chi connectivity index (χ4n) is 4.65. The van der Waals surface area contributed by atoms with Crippen molar-refractivity contribution < 1.29 is 22.4 Å². The number of aromatic nitrogens is 2. The molecule has 0 saturated heterocycles. The molecule has 0 unspecified atom stereocenters. The molecule has 1 atom stereocenters. The van der Waals surface area contributed by atoms with Crippen LogP contribution in [0.2, 0.25) is 0 Å². The lowest BCUT2D eigenvalue weighted by atomic mass is 9.94. The molecule has 3 aromatic carbocycles. The number of nitrogens with one attached hydrogen (secondary N) is 2. The Morgan fingerprint density at radius 3 is 2.50 bits per heavy atom. The maximum Gasteiger partial charge on any atom is 0.225 e. The van der Waals surface area contributed by atoms with E-state index in [9.17, 15) is 22.4 Å². The van der Waals surface area contributed by atoms with E-state index in [1.54, 1.807) is 49.6 Å². The minimum Gasteiger partial charge on any atom is -0.361 e. The van der Waals surface area contributed by atoms with E-state index >= 15 is 0 Å². The van der Waals surface area contributed by atoms with Crippen molar-refractivity contribution in [2.45, 2.75) is 25.8 Å². The van der Waals surface area contributed by atoms with E-state index in [1.165, 1.54) is 30.3 Å². The second kappa shape index (κ2) is 10.5. The van der Waals surface area contributed by atoms with Crippen LogP contribution in [0.25, 0.3) is 22.0 Å². The lowest BCUT2D eigenvalue weighted by molar-refractivity contribution is -0.121. The first kappa shape index (κ1) is 25.2. The number of carbonyl (C=O) groups excluding carboxylic acids is 1. The van der Waals surface area contributed by atoms with Crippen molar-refractivity contribution in [3.63, 3.8) is 0 Å². The number of carbonyl (C=O) groups is 1. The van der Waals surface area contributed by atoms with Gasteiger partial charge in [0.15, 0.2) is 0 Å². The summed E-state index contributed by atoms with van der Waals surface area (Å²) < 4.78 is 55.8. The molecule has 0 aliphatic rings. The summed E-state index contributed by atoms with van der Waals surface area (Å²) in [6, 6.07) is 14.9. The first-order valence-corrected chi connectivity index (χ1v) is 12.0. The maximum atomic E-state index is 14.0. The average Bonchev–Trinajstić information content (AvgIpc) is 3.26. The van der Waals surface area contributed by atoms with Gasteiger partial charge in [-0.2, -0.15) is 0 Å². The standard InChI is InChI=1S/C30H23F4N3O/c1-17-9-19(4-6-26(17)34)24-3-2-8-35-30(24)28(12-18-10-22(32)14-23(33)11-18)37-29(38)13-20-16-36-27-7-5-21(31)15-25(20)27/h2-11,14-16,28,36H,12-13H2,1H3,(H,37,38)/t28-/m0/s1. The number of hydrogen-bond donors (Lipinski definition) is 2. The number of rotatable bonds is 7. The zero-order valence-corrected chi connectivity index (χ0v) is 20.4. The van der Waals surface area contributed by atoms with Gasteiger partial charge in [0.1, 0.15) is 23.3 Å². The highest BCUT2D eigenvalue weighted by molar-refractivity contribution is 5.89. The van der Waals surface area contributed by atoms with Crippen molar-refractivity contribution in [2.75, 3.05) is 0 Å². The van der Waals surface area contributed by atoms with Crippen molar-refractivity contribution in [3.05, 3.63) is 125 Å². The number of fused-ring (bicyclic) bond motifs is 1. The van der Waals surface area contributed by atoms with Crippen molar-refractivity contribution >= 4 is 16.8 Å². The molecule has 0 saturated carbocycles. The number of pyridine rings is 1. The third-order valence-electron chi connectivity index (χ3n) is 6.42. The quantitative estimate of drug-likeness (QED) is 0.235. The zero-order valence-electron chi connectivity index (χ0n) is 20.4. The van der Waals surface area contributed by atoms with E-state index in [-0.39, 0.29) is 24.6 Å². The van der Waals surface area contributed by atoms with Crippen LogP contribution >= 0.6 is 0 Å². The van der Waals surface area contributed by atoms with Crippen LogP contribution in [0.5, 0.6) is 0 Å². The van der Waals surface area contributed by atoms with Gasteiger partial charge in [-0.3, -0.25) is 9.78 Å². The number of aromatic amines is 1. The third-order valence-corrected chi connectivity index (χ3v) is 6.42. The second-order valence-corrected chi connectivity index (χ2v) is 9.18. The zero-order chi connectivity index (χ0) is 26.8. The van der Waals surface area contributed by atoms with E-state index in [0.29, 0.717) is 44.4 Å². The third kappa shape index (κ3) is 5.44. The molecule has 5 rings (SSSR count). The maximum absolute atomic E-state index is 14.0. The predicted molar refractivity (Wildman–Crippen MR) is 137 cm³/mol. The highest BCUT2D eigenvalue weighted by atomic mass is 19.1. The number of halogens is 4. The Kier molecular flexibility index (Phi) is 6.96. The van der Waals surface area contributed by atoms with Gasteiger partial charge in [-0.15, -0.1) is 0 Å². The van der Waals surface area contributed by atoms with Gasteiger partial charge in [0.2, 0.25) is 5.91 Å². The van der Waals surface area contributed by atoms with E-state index in [1.807, 2.05) is 0 Å². The molecular formula is C30H23F4N3O. The first-order chi connectivity index (χ1) is 18.3. The Morgan fingerprint density at radius 1 is 0.947 bits per heavy atom. The monoisotopic (exact) mass is 517 g/mol. The summed E-state index contributed by atoms with van der Waals surface area (Å²) in [7, 11) is 0. The summed E-state index contributed by atoms with van der Waals surface area (Å²) in [6.45, 7) is 1.65. The molecule has 0 fully saturated rings. The molecule has 0 bridgehead atoms. The molecule has 192 valence electrons. The van der Waals surface area contributed by atoms with Crippen LogP contribution < -0.4 is 5.32 Å². The number of nitrogens with zero attached hydrogens (tertiary/aromatic N) is 1. The Morgan fingerprint density at radius 2 is 1.74 bits per heavy atom. The number of H-pyrrole nitrogens is 1. The molecule has 2 N–H and O–H groups in total. The van der Waals surface area contributed by atoms with E-state index in [4.69, 9.17) is 0 Å². The molecule has 38 heavy (non-hydrogen) atoms. The van der Waals surface area contributed by atoms with Gasteiger partial charge in [0.25, 0.3) is 0 Å². The number of benzene rings is 3. The number of amides is 1. The predicted octanol–water partition coefficient (Wildman–Crippen LogP) is 6.74.